The van der Waals surface area contributed by atoms with Gasteiger partial charge >= 0.3 is 0 Å². The van der Waals surface area contributed by atoms with Crippen molar-refractivity contribution in [1.29, 1.82) is 0 Å². The molecule has 4 aromatic rings. The number of aliphatic hydroxyl groups is 1. The van der Waals surface area contributed by atoms with Crippen molar-refractivity contribution in [1.82, 2.24) is 24.9 Å². The molecule has 32 heavy (non-hydrogen) atoms. The van der Waals surface area contributed by atoms with E-state index in [4.69, 9.17) is 30.8 Å². The minimum Gasteiger partial charge on any atom is -0.456 e. The lowest BCUT2D eigenvalue weighted by molar-refractivity contribution is 0.00706. The van der Waals surface area contributed by atoms with Crippen LogP contribution in [-0.2, 0) is 9.47 Å². The summed E-state index contributed by atoms with van der Waals surface area (Å²) in [6, 6.07) is 4.08. The minimum atomic E-state index is -0.628. The lowest BCUT2D eigenvalue weighted by Gasteiger charge is -2.15. The number of pyridine rings is 2. The zero-order valence-corrected chi connectivity index (χ0v) is 18.3. The van der Waals surface area contributed by atoms with E-state index in [1.165, 1.54) is 0 Å². The summed E-state index contributed by atoms with van der Waals surface area (Å²) in [7, 11) is 0. The van der Waals surface area contributed by atoms with E-state index in [1.54, 1.807) is 17.4 Å². The zero-order chi connectivity index (χ0) is 21.4. The van der Waals surface area contributed by atoms with E-state index < -0.39 is 6.10 Å². The Morgan fingerprint density at radius 2 is 2.03 bits per heavy atom. The van der Waals surface area contributed by atoms with Gasteiger partial charge in [-0.2, -0.15) is 4.98 Å². The van der Waals surface area contributed by atoms with Crippen molar-refractivity contribution in [2.24, 2.45) is 0 Å². The molecule has 7 rings (SSSR count). The molecular formula is C21H18ClN5O4S. The Balaban J connectivity index is 1.22. The highest BCUT2D eigenvalue weighted by Crippen LogP contribution is 2.44. The first kappa shape index (κ1) is 19.1. The molecule has 4 atom stereocenters. The van der Waals surface area contributed by atoms with Crippen LogP contribution in [0.1, 0.15) is 24.5 Å². The number of aromatic amines is 1. The standard InChI is InChI=1S/C21H18ClN5O4S/c22-9-5-10-19(27-21(24-10)31-12-7-30-17-11(28)6-29-18(12)17)25-15(9)20-26-16-13(32-20)3-4-23-14(16)8-1-2-8/h3-5,8,11-12,17-18,28H,1-2,6-7H2,(H,24,25,27)/t11-,12-,17-,18-/m1/s1. The van der Waals surface area contributed by atoms with Gasteiger partial charge in [-0.1, -0.05) is 11.6 Å². The second-order valence-electron chi connectivity index (χ2n) is 8.39. The molecule has 0 spiro atoms. The van der Waals surface area contributed by atoms with Gasteiger partial charge in [0.25, 0.3) is 6.01 Å². The Labute approximate surface area is 190 Å². The molecule has 9 nitrogen and oxygen atoms in total. The summed E-state index contributed by atoms with van der Waals surface area (Å²) in [5, 5.41) is 11.1. The molecule has 3 aliphatic rings. The molecular weight excluding hydrogens is 454 g/mol. The Morgan fingerprint density at radius 1 is 1.16 bits per heavy atom. The van der Waals surface area contributed by atoms with E-state index >= 15 is 0 Å². The van der Waals surface area contributed by atoms with Crippen molar-refractivity contribution >= 4 is 44.3 Å². The molecule has 6 heterocycles. The number of fused-ring (bicyclic) bond motifs is 3. The van der Waals surface area contributed by atoms with Crippen molar-refractivity contribution in [2.45, 2.75) is 43.2 Å². The highest BCUT2D eigenvalue weighted by molar-refractivity contribution is 7.21. The summed E-state index contributed by atoms with van der Waals surface area (Å²) in [6.07, 6.45) is 2.51. The number of nitrogens with zero attached hydrogens (tertiary/aromatic N) is 4. The molecule has 2 saturated heterocycles. The zero-order valence-electron chi connectivity index (χ0n) is 16.7. The van der Waals surface area contributed by atoms with Crippen LogP contribution in [0.4, 0.5) is 0 Å². The summed E-state index contributed by atoms with van der Waals surface area (Å²) in [5.41, 5.74) is 3.74. The maximum absolute atomic E-state index is 9.91. The summed E-state index contributed by atoms with van der Waals surface area (Å²) in [6.45, 7) is 0.571. The van der Waals surface area contributed by atoms with Crippen molar-refractivity contribution in [3.05, 3.63) is 29.0 Å². The minimum absolute atomic E-state index is 0.246. The second kappa shape index (κ2) is 7.06. The number of rotatable bonds is 4. The fraction of sp³-hybridized carbons (Fsp3) is 0.429. The van der Waals surface area contributed by atoms with Crippen molar-refractivity contribution < 1.29 is 19.3 Å². The second-order valence-corrected chi connectivity index (χ2v) is 9.83. The van der Waals surface area contributed by atoms with E-state index in [1.807, 2.05) is 12.3 Å². The first-order valence-corrected chi connectivity index (χ1v) is 11.7. The van der Waals surface area contributed by atoms with E-state index in [2.05, 4.69) is 19.9 Å². The number of imidazole rings is 1. The number of thiazole rings is 1. The summed E-state index contributed by atoms with van der Waals surface area (Å²) in [4.78, 5) is 21.7. The van der Waals surface area contributed by atoms with Crippen LogP contribution in [0, 0.1) is 0 Å². The molecule has 164 valence electrons. The lowest BCUT2D eigenvalue weighted by Crippen LogP contribution is -2.34. The van der Waals surface area contributed by atoms with Crippen LogP contribution >= 0.6 is 22.9 Å². The lowest BCUT2D eigenvalue weighted by atomic mass is 10.1. The first-order valence-electron chi connectivity index (χ1n) is 10.5. The SMILES string of the molecule is O[C@@H]1CO[C@H]2[C@@H]1OC[C@H]2Oc1nc2nc(-c3nc4c(C5CC5)nccc4s3)c(Cl)cc2[nH]1. The molecule has 0 aromatic carbocycles. The Morgan fingerprint density at radius 3 is 2.91 bits per heavy atom. The normalized spacial score (nSPS) is 27.4. The summed E-state index contributed by atoms with van der Waals surface area (Å²) >= 11 is 8.13. The Bertz CT molecular complexity index is 1350. The molecule has 4 aromatic heterocycles. The highest BCUT2D eigenvalue weighted by atomic mass is 35.5. The smallest absolute Gasteiger partial charge is 0.296 e. The fourth-order valence-electron chi connectivity index (χ4n) is 4.42. The van der Waals surface area contributed by atoms with Crippen LogP contribution in [0.2, 0.25) is 5.02 Å². The molecule has 2 aliphatic heterocycles. The van der Waals surface area contributed by atoms with Gasteiger partial charge in [-0.15, -0.1) is 11.3 Å². The summed E-state index contributed by atoms with van der Waals surface area (Å²) < 4.78 is 18.3. The molecule has 0 bridgehead atoms. The molecule has 2 N–H and O–H groups in total. The predicted molar refractivity (Wildman–Crippen MR) is 117 cm³/mol. The van der Waals surface area contributed by atoms with Crippen LogP contribution in [0.3, 0.4) is 0 Å². The number of H-pyrrole nitrogens is 1. The van der Waals surface area contributed by atoms with Crippen molar-refractivity contribution in [3.8, 4) is 16.7 Å². The first-order chi connectivity index (χ1) is 15.6. The third-order valence-electron chi connectivity index (χ3n) is 6.15. The van der Waals surface area contributed by atoms with Gasteiger partial charge in [-0.3, -0.25) is 4.98 Å². The van der Waals surface area contributed by atoms with Gasteiger partial charge in [0.2, 0.25) is 0 Å². The van der Waals surface area contributed by atoms with Crippen LogP contribution in [0.25, 0.3) is 32.1 Å². The molecule has 11 heteroatoms. The fourth-order valence-corrected chi connectivity index (χ4v) is 5.69. The maximum Gasteiger partial charge on any atom is 0.296 e. The molecule has 1 saturated carbocycles. The molecule has 0 amide bonds. The third-order valence-corrected chi connectivity index (χ3v) is 7.47. The van der Waals surface area contributed by atoms with E-state index in [0.29, 0.717) is 40.4 Å². The quantitative estimate of drug-likeness (QED) is 0.466. The summed E-state index contributed by atoms with van der Waals surface area (Å²) in [5.74, 6) is 0.509. The van der Waals surface area contributed by atoms with Gasteiger partial charge in [0.15, 0.2) is 11.8 Å². The average Bonchev–Trinajstić information content (AvgIpc) is 3.10. The van der Waals surface area contributed by atoms with Crippen molar-refractivity contribution in [3.63, 3.8) is 0 Å². The third kappa shape index (κ3) is 3.01. The van der Waals surface area contributed by atoms with Crippen LogP contribution in [0.15, 0.2) is 18.3 Å². The number of nitrogens with one attached hydrogen (secondary N) is 1. The van der Waals surface area contributed by atoms with Crippen LogP contribution in [-0.4, -0.2) is 67.7 Å². The number of hydrogen-bond acceptors (Lipinski definition) is 9. The Kier molecular flexibility index (Phi) is 4.22. The van der Waals surface area contributed by atoms with E-state index in [-0.39, 0.29) is 24.9 Å². The topological polar surface area (TPSA) is 115 Å². The maximum atomic E-state index is 9.91. The molecule has 0 unspecified atom stereocenters. The van der Waals surface area contributed by atoms with Gasteiger partial charge in [0, 0.05) is 12.1 Å². The Hall–Kier alpha value is -2.37. The van der Waals surface area contributed by atoms with Gasteiger partial charge in [-0.05, 0) is 25.0 Å². The average molecular weight is 472 g/mol. The van der Waals surface area contributed by atoms with Gasteiger partial charge in [0.1, 0.15) is 34.5 Å². The predicted octanol–water partition coefficient (Wildman–Crippen LogP) is 3.07. The highest BCUT2D eigenvalue weighted by Gasteiger charge is 2.48. The van der Waals surface area contributed by atoms with E-state index in [0.717, 1.165) is 33.8 Å². The number of aliphatic hydroxyl groups excluding tert-OH is 1. The van der Waals surface area contributed by atoms with Crippen LogP contribution < -0.4 is 4.74 Å². The van der Waals surface area contributed by atoms with Gasteiger partial charge in [0.05, 0.1) is 34.1 Å². The van der Waals surface area contributed by atoms with E-state index in [9.17, 15) is 5.11 Å². The number of ether oxygens (including phenoxy) is 3. The number of aromatic nitrogens is 5. The van der Waals surface area contributed by atoms with Crippen LogP contribution in [0.5, 0.6) is 6.01 Å². The molecule has 1 aliphatic carbocycles. The largest absolute Gasteiger partial charge is 0.456 e. The number of hydrogen-bond donors (Lipinski definition) is 2. The monoisotopic (exact) mass is 471 g/mol. The van der Waals surface area contributed by atoms with Gasteiger partial charge in [-0.25, -0.2) is 9.97 Å². The molecule has 0 radical (unpaired) electrons. The molecule has 3 fully saturated rings. The number of halogens is 1. The van der Waals surface area contributed by atoms with Crippen molar-refractivity contribution in [2.75, 3.05) is 13.2 Å². The van der Waals surface area contributed by atoms with Gasteiger partial charge < -0.3 is 24.3 Å².